The minimum atomic E-state index is -1.01. The number of nitrogens with zero attached hydrogens (tertiary/aromatic N) is 6. The lowest BCUT2D eigenvalue weighted by molar-refractivity contribution is -0.130. The van der Waals surface area contributed by atoms with Crippen LogP contribution in [0.1, 0.15) is 47.0 Å². The fourth-order valence-corrected chi connectivity index (χ4v) is 4.44. The van der Waals surface area contributed by atoms with Crippen LogP contribution in [-0.2, 0) is 66.5 Å². The first-order chi connectivity index (χ1) is 30.0. The molecule has 0 saturated heterocycles. The summed E-state index contributed by atoms with van der Waals surface area (Å²) in [5, 5.41) is 17.4. The van der Waals surface area contributed by atoms with Crippen LogP contribution in [0.2, 0.25) is 0 Å². The number of ether oxygens (including phenoxy) is 11. The largest absolute Gasteiger partial charge is 0.444 e. The highest BCUT2D eigenvalue weighted by Crippen LogP contribution is 2.07. The molecule has 0 fully saturated rings. The summed E-state index contributed by atoms with van der Waals surface area (Å²) in [6.07, 6.45) is -1.87. The Morgan fingerprint density at radius 2 is 1.05 bits per heavy atom. The number of rotatable bonds is 43. The van der Waals surface area contributed by atoms with E-state index in [9.17, 15) is 19.2 Å². The Morgan fingerprint density at radius 3 is 1.56 bits per heavy atom. The zero-order valence-electron chi connectivity index (χ0n) is 36.8. The predicted octanol–water partition coefficient (Wildman–Crippen LogP) is 1.53. The summed E-state index contributed by atoms with van der Waals surface area (Å²) in [6, 6.07) is -1.01. The van der Waals surface area contributed by atoms with Gasteiger partial charge in [0.25, 0.3) is 0 Å². The van der Waals surface area contributed by atoms with Gasteiger partial charge in [0.2, 0.25) is 17.7 Å². The van der Waals surface area contributed by atoms with E-state index in [0.717, 1.165) is 0 Å². The number of carbonyl (C=O) groups excluding carboxylic acids is 4. The summed E-state index contributed by atoms with van der Waals surface area (Å²) < 4.78 is 59.1. The molecule has 4 N–H and O–H groups in total. The third-order valence-electron chi connectivity index (χ3n) is 7.26. The van der Waals surface area contributed by atoms with Crippen molar-refractivity contribution in [1.29, 1.82) is 0 Å². The minimum Gasteiger partial charge on any atom is -0.444 e. The average Bonchev–Trinajstić information content (AvgIpc) is 3.22. The summed E-state index contributed by atoms with van der Waals surface area (Å²) >= 11 is 0. The normalized spacial score (nSPS) is 12.1. The van der Waals surface area contributed by atoms with Gasteiger partial charge in [0, 0.05) is 48.9 Å². The molecule has 0 heterocycles. The minimum absolute atomic E-state index is 0.00381. The van der Waals surface area contributed by atoms with Crippen LogP contribution in [-0.4, -0.2) is 193 Å². The molecule has 2 atom stereocenters. The van der Waals surface area contributed by atoms with Crippen molar-refractivity contribution >= 4 is 23.8 Å². The van der Waals surface area contributed by atoms with E-state index in [1.54, 1.807) is 20.8 Å². The van der Waals surface area contributed by atoms with E-state index in [-0.39, 0.29) is 91.1 Å². The molecule has 25 nitrogen and oxygen atoms in total. The number of alkyl carbamates (subject to hydrolysis) is 1. The summed E-state index contributed by atoms with van der Waals surface area (Å²) in [5.41, 5.74) is 16.3. The van der Waals surface area contributed by atoms with Crippen molar-refractivity contribution in [3.63, 3.8) is 0 Å². The summed E-state index contributed by atoms with van der Waals surface area (Å²) in [6.45, 7) is 13.9. The Bertz CT molecular complexity index is 1260. The topological polar surface area (TPSA) is 315 Å². The molecule has 0 aromatic carbocycles. The van der Waals surface area contributed by atoms with Crippen molar-refractivity contribution in [2.75, 3.05) is 152 Å². The highest BCUT2D eigenvalue weighted by Gasteiger charge is 2.22. The number of nitrogens with one attached hydrogen (secondary N) is 4. The predicted molar refractivity (Wildman–Crippen MR) is 222 cm³/mol. The summed E-state index contributed by atoms with van der Waals surface area (Å²) in [5.74, 6) is -1.28. The molecule has 358 valence electrons. The van der Waals surface area contributed by atoms with Crippen LogP contribution in [0.15, 0.2) is 10.2 Å². The fraction of sp³-hybridized carbons (Fsp3) is 0.892. The Balaban J connectivity index is 4.57. The van der Waals surface area contributed by atoms with E-state index in [0.29, 0.717) is 85.9 Å². The zero-order chi connectivity index (χ0) is 45.8. The van der Waals surface area contributed by atoms with Gasteiger partial charge in [0.15, 0.2) is 0 Å². The fourth-order valence-electron chi connectivity index (χ4n) is 4.44. The Hall–Kier alpha value is -4.10. The van der Waals surface area contributed by atoms with E-state index in [1.165, 1.54) is 0 Å². The lowest BCUT2D eigenvalue weighted by Gasteiger charge is -2.21. The number of azide groups is 2. The van der Waals surface area contributed by atoms with Crippen molar-refractivity contribution in [2.45, 2.75) is 64.8 Å². The van der Waals surface area contributed by atoms with Gasteiger partial charge in [0.1, 0.15) is 17.8 Å². The van der Waals surface area contributed by atoms with Crippen molar-refractivity contribution in [2.24, 2.45) is 10.2 Å². The Kier molecular flexibility index (Phi) is 39.4. The van der Waals surface area contributed by atoms with Crippen LogP contribution in [0.3, 0.4) is 0 Å². The van der Waals surface area contributed by atoms with E-state index in [2.05, 4.69) is 41.3 Å². The molecule has 0 aromatic heterocycles. The van der Waals surface area contributed by atoms with Crippen LogP contribution >= 0.6 is 0 Å². The van der Waals surface area contributed by atoms with E-state index in [1.807, 2.05) is 6.92 Å². The lowest BCUT2D eigenvalue weighted by Crippen LogP contribution is -2.48. The Labute approximate surface area is 363 Å². The van der Waals surface area contributed by atoms with Gasteiger partial charge >= 0.3 is 6.09 Å². The molecular formula is C37H70N10O15. The summed E-state index contributed by atoms with van der Waals surface area (Å²) in [7, 11) is 0. The number of hydrogen-bond donors (Lipinski definition) is 4. The second kappa shape index (κ2) is 42.2. The van der Waals surface area contributed by atoms with Gasteiger partial charge in [0.05, 0.1) is 126 Å². The average molecular weight is 895 g/mol. The van der Waals surface area contributed by atoms with Crippen molar-refractivity contribution in [3.8, 4) is 0 Å². The van der Waals surface area contributed by atoms with Gasteiger partial charge in [-0.05, 0) is 45.2 Å². The standard InChI is InChI=1S/C37H70N10O15/c1-5-52-16-17-57-24-25-58-21-18-54-13-9-40-33(48)7-6-31(35(50)41-10-14-55-19-22-59-26-27-60-23-20-56-15-11-42-46-38)43-34(49)8-12-53-28-29-61-30-32(45-47-39)44-36(51)62-37(2,3)4/h31-32H,5-30H2,1-4H3,(H,40,48)(H,41,50)(H,43,49)(H,44,51)/t31-,32?/m0/s1. The maximum Gasteiger partial charge on any atom is 0.408 e. The van der Waals surface area contributed by atoms with E-state index in [4.69, 9.17) is 63.2 Å². The van der Waals surface area contributed by atoms with Crippen molar-refractivity contribution < 1.29 is 71.3 Å². The quantitative estimate of drug-likeness (QED) is 0.0292. The van der Waals surface area contributed by atoms with Crippen molar-refractivity contribution in [1.82, 2.24) is 21.3 Å². The summed E-state index contributed by atoms with van der Waals surface area (Å²) in [4.78, 5) is 55.7. The first-order valence-corrected chi connectivity index (χ1v) is 20.7. The van der Waals surface area contributed by atoms with Crippen LogP contribution in [0.4, 0.5) is 4.79 Å². The molecular weight excluding hydrogens is 824 g/mol. The smallest absolute Gasteiger partial charge is 0.408 e. The van der Waals surface area contributed by atoms with Crippen LogP contribution in [0.5, 0.6) is 0 Å². The molecule has 0 bridgehead atoms. The van der Waals surface area contributed by atoms with Gasteiger partial charge in [-0.25, -0.2) is 4.79 Å². The van der Waals surface area contributed by atoms with Crippen LogP contribution in [0, 0.1) is 0 Å². The molecule has 4 amide bonds. The molecule has 0 rings (SSSR count). The second-order valence-corrected chi connectivity index (χ2v) is 13.5. The van der Waals surface area contributed by atoms with E-state index >= 15 is 0 Å². The van der Waals surface area contributed by atoms with Crippen LogP contribution in [0.25, 0.3) is 20.9 Å². The van der Waals surface area contributed by atoms with Gasteiger partial charge in [-0.1, -0.05) is 10.2 Å². The molecule has 0 aliphatic rings. The molecule has 62 heavy (non-hydrogen) atoms. The van der Waals surface area contributed by atoms with Gasteiger partial charge in [-0.3, -0.25) is 14.4 Å². The first kappa shape index (κ1) is 57.9. The highest BCUT2D eigenvalue weighted by atomic mass is 16.6. The number of amides is 4. The van der Waals surface area contributed by atoms with E-state index < -0.39 is 35.7 Å². The number of hydrogen-bond acceptors (Lipinski definition) is 17. The van der Waals surface area contributed by atoms with Gasteiger partial charge in [-0.15, -0.1) is 0 Å². The van der Waals surface area contributed by atoms with Gasteiger partial charge < -0.3 is 73.4 Å². The molecule has 0 saturated carbocycles. The van der Waals surface area contributed by atoms with Gasteiger partial charge in [-0.2, -0.15) is 0 Å². The zero-order valence-corrected chi connectivity index (χ0v) is 36.8. The highest BCUT2D eigenvalue weighted by molar-refractivity contribution is 5.88. The Morgan fingerprint density at radius 1 is 0.565 bits per heavy atom. The molecule has 0 aliphatic carbocycles. The molecule has 0 radical (unpaired) electrons. The molecule has 0 aromatic rings. The third kappa shape index (κ3) is 41.3. The maximum absolute atomic E-state index is 13.1. The SMILES string of the molecule is CCOCCOCCOCCOCCNC(=O)CC[C@H](NC(=O)CCOCCOCC(N=[N+]=[N-])NC(=O)OC(C)(C)C)C(=O)NCCOCCOCCOCCOCCN=[N+]=[N-]. The molecule has 1 unspecified atom stereocenters. The lowest BCUT2D eigenvalue weighted by atomic mass is 10.1. The second-order valence-electron chi connectivity index (χ2n) is 13.5. The third-order valence-corrected chi connectivity index (χ3v) is 7.26. The first-order valence-electron chi connectivity index (χ1n) is 20.7. The van der Waals surface area contributed by atoms with Crippen molar-refractivity contribution in [3.05, 3.63) is 20.9 Å². The number of carbonyl (C=O) groups is 4. The monoisotopic (exact) mass is 895 g/mol. The maximum atomic E-state index is 13.1. The molecule has 0 aliphatic heterocycles. The molecule has 0 spiro atoms. The molecule has 25 heteroatoms. The van der Waals surface area contributed by atoms with Crippen LogP contribution < -0.4 is 21.3 Å².